The summed E-state index contributed by atoms with van der Waals surface area (Å²) in [6, 6.07) is 9.79. The monoisotopic (exact) mass is 744 g/mol. The van der Waals surface area contributed by atoms with Gasteiger partial charge in [-0.2, -0.15) is 0 Å². The van der Waals surface area contributed by atoms with Crippen molar-refractivity contribution in [2.45, 2.75) is 28.5 Å². The number of rotatable bonds is 4. The first-order chi connectivity index (χ1) is 19.4. The standard InChI is InChI=1S/C28H21Br2Cl3N2O6/c1-41-19-9-12(8-18(31)22(19)36)21-15-6-7-16-20(24(38)35(23(16)37)14-4-2-13(30)3-5-14)17(15)10-27(32)25(39)34(11-29)26(40)28(21,27)33/h2-6,8-9,16-17,20-21,36H,7,10-11H2,1H3. The third kappa shape index (κ3) is 3.83. The number of ether oxygens (including phenoxy) is 1. The Morgan fingerprint density at radius 3 is 2.37 bits per heavy atom. The second-order valence-corrected chi connectivity index (χ2v) is 13.6. The molecular weight excluding hydrogens is 726 g/mol. The van der Waals surface area contributed by atoms with E-state index in [4.69, 9.17) is 39.5 Å². The zero-order valence-electron chi connectivity index (χ0n) is 21.2. The molecule has 0 radical (unpaired) electrons. The molecule has 4 aliphatic rings. The molecule has 0 spiro atoms. The van der Waals surface area contributed by atoms with Crippen LogP contribution in [0, 0.1) is 17.8 Å². The Kier molecular flexibility index (Phi) is 7.05. The van der Waals surface area contributed by atoms with Crippen molar-refractivity contribution in [3.8, 4) is 11.5 Å². The van der Waals surface area contributed by atoms with Crippen LogP contribution in [-0.4, -0.2) is 55.9 Å². The smallest absolute Gasteiger partial charge is 0.254 e. The van der Waals surface area contributed by atoms with Crippen molar-refractivity contribution in [2.24, 2.45) is 17.8 Å². The minimum absolute atomic E-state index is 0.0343. The summed E-state index contributed by atoms with van der Waals surface area (Å²) in [5.74, 6) is -5.64. The molecule has 4 amide bonds. The predicted molar refractivity (Wildman–Crippen MR) is 160 cm³/mol. The number of hydrogen-bond donors (Lipinski definition) is 1. The Morgan fingerprint density at radius 1 is 1.05 bits per heavy atom. The van der Waals surface area contributed by atoms with Crippen LogP contribution in [0.1, 0.15) is 24.3 Å². The zero-order chi connectivity index (χ0) is 29.6. The number of aromatic hydroxyl groups is 1. The van der Waals surface area contributed by atoms with Gasteiger partial charge in [0.05, 0.1) is 35.1 Å². The molecule has 0 bridgehead atoms. The summed E-state index contributed by atoms with van der Waals surface area (Å²) < 4.78 is 6.11. The maximum Gasteiger partial charge on any atom is 0.254 e. The first-order valence-corrected chi connectivity index (χ1v) is 15.7. The summed E-state index contributed by atoms with van der Waals surface area (Å²) >= 11 is 27.4. The number of likely N-dealkylation sites (tertiary alicyclic amines) is 1. The van der Waals surface area contributed by atoms with Gasteiger partial charge in [-0.15, -0.1) is 23.2 Å². The van der Waals surface area contributed by atoms with Crippen molar-refractivity contribution >= 4 is 96.0 Å². The summed E-state index contributed by atoms with van der Waals surface area (Å²) in [6.45, 7) is 0. The van der Waals surface area contributed by atoms with Crippen molar-refractivity contribution in [3.63, 3.8) is 0 Å². The highest BCUT2D eigenvalue weighted by Gasteiger charge is 2.76. The van der Waals surface area contributed by atoms with E-state index < -0.39 is 51.1 Å². The third-order valence-electron chi connectivity index (χ3n) is 8.70. The number of imide groups is 2. The summed E-state index contributed by atoms with van der Waals surface area (Å²) in [7, 11) is 1.35. The molecule has 2 heterocycles. The van der Waals surface area contributed by atoms with Crippen LogP contribution in [0.5, 0.6) is 11.5 Å². The first kappa shape index (κ1) is 29.0. The zero-order valence-corrected chi connectivity index (χ0v) is 26.7. The second-order valence-electron chi connectivity index (χ2n) is 10.5. The Balaban J connectivity index is 1.54. The van der Waals surface area contributed by atoms with E-state index in [-0.39, 0.29) is 40.7 Å². The van der Waals surface area contributed by atoms with E-state index >= 15 is 0 Å². The van der Waals surface area contributed by atoms with Crippen LogP contribution in [0.25, 0.3) is 0 Å². The van der Waals surface area contributed by atoms with Gasteiger partial charge in [0.25, 0.3) is 11.8 Å². The van der Waals surface area contributed by atoms with Gasteiger partial charge < -0.3 is 9.84 Å². The number of carbonyl (C=O) groups excluding carboxylic acids is 4. The highest BCUT2D eigenvalue weighted by atomic mass is 79.9. The summed E-state index contributed by atoms with van der Waals surface area (Å²) in [5, 5.41) is 10.4. The topological polar surface area (TPSA) is 104 Å². The molecule has 6 atom stereocenters. The van der Waals surface area contributed by atoms with Crippen molar-refractivity contribution in [1.82, 2.24) is 4.90 Å². The van der Waals surface area contributed by atoms with Crippen LogP contribution in [0.15, 0.2) is 52.5 Å². The minimum atomic E-state index is -1.99. The molecule has 2 saturated heterocycles. The highest BCUT2D eigenvalue weighted by molar-refractivity contribution is 9.10. The van der Waals surface area contributed by atoms with Crippen LogP contribution in [0.4, 0.5) is 5.69 Å². The molecule has 41 heavy (non-hydrogen) atoms. The lowest BCUT2D eigenvalue weighted by Gasteiger charge is -2.50. The molecule has 13 heteroatoms. The molecule has 1 N–H and O–H groups in total. The third-order valence-corrected chi connectivity index (χ3v) is 11.4. The van der Waals surface area contributed by atoms with Crippen molar-refractivity contribution in [2.75, 3.05) is 17.5 Å². The van der Waals surface area contributed by atoms with Gasteiger partial charge in [-0.25, -0.2) is 0 Å². The van der Waals surface area contributed by atoms with E-state index in [1.165, 1.54) is 24.1 Å². The average Bonchev–Trinajstić information content (AvgIpc) is 3.28. The predicted octanol–water partition coefficient (Wildman–Crippen LogP) is 5.73. The Morgan fingerprint density at radius 2 is 1.73 bits per heavy atom. The summed E-state index contributed by atoms with van der Waals surface area (Å²) in [4.78, 5) is 53.5. The fraction of sp³-hybridized carbons (Fsp3) is 0.357. The minimum Gasteiger partial charge on any atom is -0.503 e. The van der Waals surface area contributed by atoms with Crippen molar-refractivity contribution in [3.05, 3.63) is 63.1 Å². The van der Waals surface area contributed by atoms with Crippen molar-refractivity contribution in [1.29, 1.82) is 0 Å². The summed E-state index contributed by atoms with van der Waals surface area (Å²) in [6.07, 6.45) is 1.92. The van der Waals surface area contributed by atoms with Crippen LogP contribution < -0.4 is 9.64 Å². The van der Waals surface area contributed by atoms with Gasteiger partial charge in [-0.3, -0.25) is 29.0 Å². The Hall–Kier alpha value is -2.11. The fourth-order valence-electron chi connectivity index (χ4n) is 6.89. The highest BCUT2D eigenvalue weighted by Crippen LogP contribution is 2.66. The van der Waals surface area contributed by atoms with Gasteiger partial charge in [-0.05, 0) is 60.7 Å². The average molecular weight is 748 g/mol. The lowest BCUT2D eigenvalue weighted by atomic mass is 9.56. The number of benzene rings is 2. The number of methoxy groups -OCH3 is 1. The van der Waals surface area contributed by atoms with E-state index in [9.17, 15) is 24.3 Å². The van der Waals surface area contributed by atoms with Crippen LogP contribution in [0.2, 0.25) is 5.02 Å². The molecule has 2 aliphatic carbocycles. The maximum atomic E-state index is 14.0. The van der Waals surface area contributed by atoms with Crippen LogP contribution in [-0.2, 0) is 19.2 Å². The van der Waals surface area contributed by atoms with Gasteiger partial charge in [0.2, 0.25) is 11.8 Å². The number of carbonyl (C=O) groups is 4. The Bertz CT molecular complexity index is 1570. The molecule has 2 aromatic rings. The Labute approximate surface area is 266 Å². The molecule has 214 valence electrons. The molecule has 3 fully saturated rings. The quantitative estimate of drug-likeness (QED) is 0.186. The van der Waals surface area contributed by atoms with Crippen LogP contribution >= 0.6 is 66.7 Å². The number of fused-ring (bicyclic) bond motifs is 4. The lowest BCUT2D eigenvalue weighted by molar-refractivity contribution is -0.138. The molecule has 8 nitrogen and oxygen atoms in total. The molecule has 6 unspecified atom stereocenters. The number of amides is 4. The molecule has 0 aromatic heterocycles. The number of anilines is 1. The van der Waals surface area contributed by atoms with Gasteiger partial charge in [-0.1, -0.05) is 55.1 Å². The summed E-state index contributed by atoms with van der Waals surface area (Å²) in [5.41, 5.74) is 1.28. The number of allylic oxidation sites excluding steroid dienone is 2. The number of hydrogen-bond acceptors (Lipinski definition) is 6. The van der Waals surface area contributed by atoms with E-state index in [2.05, 4.69) is 31.9 Å². The largest absolute Gasteiger partial charge is 0.503 e. The van der Waals surface area contributed by atoms with Gasteiger partial charge >= 0.3 is 0 Å². The number of alkyl halides is 3. The van der Waals surface area contributed by atoms with E-state index in [0.29, 0.717) is 16.8 Å². The molecule has 2 aromatic carbocycles. The van der Waals surface area contributed by atoms with E-state index in [1.807, 2.05) is 6.08 Å². The first-order valence-electron chi connectivity index (χ1n) is 12.6. The van der Waals surface area contributed by atoms with Crippen LogP contribution in [0.3, 0.4) is 0 Å². The lowest BCUT2D eigenvalue weighted by Crippen LogP contribution is -2.60. The second kappa shape index (κ2) is 9.98. The number of phenolic OH excluding ortho intramolecular Hbond substituents is 1. The molecule has 2 aliphatic heterocycles. The molecule has 1 saturated carbocycles. The molecule has 6 rings (SSSR count). The number of nitrogens with zero attached hydrogens (tertiary/aromatic N) is 2. The fourth-order valence-corrected chi connectivity index (χ4v) is 8.80. The molecular formula is C28H21Br2Cl3N2O6. The van der Waals surface area contributed by atoms with Crippen molar-refractivity contribution < 1.29 is 29.0 Å². The van der Waals surface area contributed by atoms with Gasteiger partial charge in [0.1, 0.15) is 0 Å². The SMILES string of the molecule is COc1cc(C2C3=CCC4C(=O)N(c5ccc(Br)cc5)C(=O)C4C3CC3(Cl)C(=O)N(CBr)C(=O)C23Cl)cc(Cl)c1O. The van der Waals surface area contributed by atoms with E-state index in [1.54, 1.807) is 24.3 Å². The van der Waals surface area contributed by atoms with Gasteiger partial charge in [0, 0.05) is 10.4 Å². The number of halogens is 5. The number of phenols is 1. The van der Waals surface area contributed by atoms with E-state index in [0.717, 1.165) is 9.37 Å². The maximum absolute atomic E-state index is 14.0. The normalized spacial score (nSPS) is 32.6. The van der Waals surface area contributed by atoms with Gasteiger partial charge in [0.15, 0.2) is 21.2 Å².